The van der Waals surface area contributed by atoms with Crippen molar-refractivity contribution in [3.8, 4) is 5.75 Å². The van der Waals surface area contributed by atoms with Crippen LogP contribution in [0.4, 0.5) is 4.39 Å². The maximum absolute atomic E-state index is 13.4. The van der Waals surface area contributed by atoms with Crippen molar-refractivity contribution in [1.82, 2.24) is 20.6 Å². The monoisotopic (exact) mass is 493 g/mol. The van der Waals surface area contributed by atoms with E-state index in [0.717, 1.165) is 17.5 Å². The average Bonchev–Trinajstić information content (AvgIpc) is 2.86. The van der Waals surface area contributed by atoms with Crippen LogP contribution in [-0.2, 0) is 17.9 Å². The van der Waals surface area contributed by atoms with Gasteiger partial charge in [0.1, 0.15) is 29.3 Å². The standard InChI is InChI=1S/C26H28FN5O4/c1-15(2)23(24(28)33)36-19-7-4-17(5-8-19)12-29-25(34)21-11-22(32-14-31-21)26(35)30-13-18-6-9-20(27)16(3)10-18/h4-11,14-15,23H,12-13H2,1-3H3,(H2,28,33)(H,29,34)(H,30,35). The number of hydrogen-bond donors (Lipinski definition) is 3. The van der Waals surface area contributed by atoms with Gasteiger partial charge in [-0.1, -0.05) is 38.1 Å². The molecular weight excluding hydrogens is 465 g/mol. The van der Waals surface area contributed by atoms with E-state index in [2.05, 4.69) is 20.6 Å². The fourth-order valence-corrected chi connectivity index (χ4v) is 3.32. The largest absolute Gasteiger partial charge is 0.480 e. The number of nitrogens with two attached hydrogens (primary N) is 1. The normalized spacial score (nSPS) is 11.6. The van der Waals surface area contributed by atoms with Gasteiger partial charge < -0.3 is 21.1 Å². The maximum Gasteiger partial charge on any atom is 0.270 e. The van der Waals surface area contributed by atoms with Crippen molar-refractivity contribution < 1.29 is 23.5 Å². The number of aromatic nitrogens is 2. The summed E-state index contributed by atoms with van der Waals surface area (Å²) in [5, 5.41) is 5.43. The molecule has 0 aliphatic carbocycles. The summed E-state index contributed by atoms with van der Waals surface area (Å²) < 4.78 is 19.1. The number of primary amides is 1. The first kappa shape index (κ1) is 26.3. The molecule has 0 saturated heterocycles. The SMILES string of the molecule is Cc1cc(CNC(=O)c2cc(C(=O)NCc3ccc(OC(C(N)=O)C(C)C)cc3)ncn2)ccc1F. The Morgan fingerprint density at radius 2 is 1.47 bits per heavy atom. The maximum atomic E-state index is 13.4. The molecule has 0 aliphatic rings. The van der Waals surface area contributed by atoms with Gasteiger partial charge in [-0.15, -0.1) is 0 Å². The Morgan fingerprint density at radius 3 is 2.00 bits per heavy atom. The second-order valence-corrected chi connectivity index (χ2v) is 8.57. The summed E-state index contributed by atoms with van der Waals surface area (Å²) in [5.41, 5.74) is 7.45. The number of benzene rings is 2. The van der Waals surface area contributed by atoms with Crippen LogP contribution >= 0.6 is 0 Å². The lowest BCUT2D eigenvalue weighted by Gasteiger charge is -2.19. The van der Waals surface area contributed by atoms with Gasteiger partial charge in [0.25, 0.3) is 17.7 Å². The lowest BCUT2D eigenvalue weighted by atomic mass is 10.1. The van der Waals surface area contributed by atoms with Crippen molar-refractivity contribution in [3.63, 3.8) is 0 Å². The Morgan fingerprint density at radius 1 is 0.917 bits per heavy atom. The van der Waals surface area contributed by atoms with Crippen molar-refractivity contribution in [3.05, 3.63) is 88.8 Å². The molecule has 2 aromatic carbocycles. The fraction of sp³-hybridized carbons (Fsp3) is 0.269. The van der Waals surface area contributed by atoms with Gasteiger partial charge in [-0.3, -0.25) is 14.4 Å². The molecule has 0 aliphatic heterocycles. The molecule has 3 amide bonds. The topological polar surface area (TPSA) is 136 Å². The third-order valence-corrected chi connectivity index (χ3v) is 5.33. The third-order valence-electron chi connectivity index (χ3n) is 5.33. The number of nitrogens with zero attached hydrogens (tertiary/aromatic N) is 2. The summed E-state index contributed by atoms with van der Waals surface area (Å²) >= 11 is 0. The van der Waals surface area contributed by atoms with Gasteiger partial charge >= 0.3 is 0 Å². The number of amides is 3. The van der Waals surface area contributed by atoms with Crippen molar-refractivity contribution in [2.45, 2.75) is 40.0 Å². The number of rotatable bonds is 10. The second kappa shape index (κ2) is 11.9. The zero-order valence-corrected chi connectivity index (χ0v) is 20.2. The quantitative estimate of drug-likeness (QED) is 0.397. The van der Waals surface area contributed by atoms with Gasteiger partial charge in [-0.2, -0.15) is 0 Å². The highest BCUT2D eigenvalue weighted by atomic mass is 19.1. The summed E-state index contributed by atoms with van der Waals surface area (Å²) in [4.78, 5) is 44.4. The highest BCUT2D eigenvalue weighted by Gasteiger charge is 2.21. The molecule has 1 heterocycles. The Balaban J connectivity index is 1.55. The smallest absolute Gasteiger partial charge is 0.270 e. The van der Waals surface area contributed by atoms with Gasteiger partial charge in [0.05, 0.1) is 0 Å². The summed E-state index contributed by atoms with van der Waals surface area (Å²) in [5.74, 6) is -1.40. The van der Waals surface area contributed by atoms with Crippen LogP contribution in [0.25, 0.3) is 0 Å². The van der Waals surface area contributed by atoms with Gasteiger partial charge in [0.2, 0.25) is 0 Å². The number of ether oxygens (including phenoxy) is 1. The molecule has 188 valence electrons. The minimum absolute atomic E-state index is 0.0321. The number of aryl methyl sites for hydroxylation is 1. The minimum Gasteiger partial charge on any atom is -0.480 e. The summed E-state index contributed by atoms with van der Waals surface area (Å²) in [6.07, 6.45) is 0.404. The van der Waals surface area contributed by atoms with E-state index in [9.17, 15) is 18.8 Å². The van der Waals surface area contributed by atoms with E-state index in [1.807, 2.05) is 13.8 Å². The average molecular weight is 494 g/mol. The first-order chi connectivity index (χ1) is 17.1. The number of carbonyl (C=O) groups excluding carboxylic acids is 3. The molecule has 10 heteroatoms. The fourth-order valence-electron chi connectivity index (χ4n) is 3.32. The Kier molecular flexibility index (Phi) is 8.66. The summed E-state index contributed by atoms with van der Waals surface area (Å²) in [6, 6.07) is 12.8. The van der Waals surface area contributed by atoms with Crippen molar-refractivity contribution in [1.29, 1.82) is 0 Å². The van der Waals surface area contributed by atoms with Gasteiger partial charge in [0.15, 0.2) is 6.10 Å². The van der Waals surface area contributed by atoms with Crippen molar-refractivity contribution in [2.75, 3.05) is 0 Å². The number of halogens is 1. The summed E-state index contributed by atoms with van der Waals surface area (Å²) in [6.45, 7) is 5.71. The highest BCUT2D eigenvalue weighted by Crippen LogP contribution is 2.17. The van der Waals surface area contributed by atoms with Crippen LogP contribution in [0.3, 0.4) is 0 Å². The Hall–Kier alpha value is -4.34. The van der Waals surface area contributed by atoms with Gasteiger partial charge in [-0.05, 0) is 47.7 Å². The lowest BCUT2D eigenvalue weighted by molar-refractivity contribution is -0.126. The van der Waals surface area contributed by atoms with E-state index >= 15 is 0 Å². The molecule has 9 nitrogen and oxygen atoms in total. The van der Waals surface area contributed by atoms with E-state index < -0.39 is 23.8 Å². The lowest BCUT2D eigenvalue weighted by Crippen LogP contribution is -2.37. The zero-order valence-electron chi connectivity index (χ0n) is 20.2. The van der Waals surface area contributed by atoms with Crippen LogP contribution in [-0.4, -0.2) is 33.8 Å². The van der Waals surface area contributed by atoms with Crippen LogP contribution < -0.4 is 21.1 Å². The van der Waals surface area contributed by atoms with Crippen LogP contribution in [0.15, 0.2) is 54.9 Å². The summed E-state index contributed by atoms with van der Waals surface area (Å²) in [7, 11) is 0. The van der Waals surface area contributed by atoms with Crippen LogP contribution in [0.5, 0.6) is 5.75 Å². The molecule has 1 atom stereocenters. The Labute approximate surface area is 208 Å². The van der Waals surface area contributed by atoms with E-state index in [0.29, 0.717) is 11.3 Å². The molecule has 1 unspecified atom stereocenters. The molecule has 3 aromatic rings. The van der Waals surface area contributed by atoms with Crippen molar-refractivity contribution in [2.24, 2.45) is 11.7 Å². The number of hydrogen-bond acceptors (Lipinski definition) is 6. The molecule has 0 bridgehead atoms. The molecule has 4 N–H and O–H groups in total. The first-order valence-electron chi connectivity index (χ1n) is 11.3. The molecule has 3 rings (SSSR count). The van der Waals surface area contributed by atoms with Gasteiger partial charge in [0, 0.05) is 19.2 Å². The predicted octanol–water partition coefficient (Wildman–Crippen LogP) is 2.67. The zero-order chi connectivity index (χ0) is 26.2. The van der Waals surface area contributed by atoms with E-state index in [1.165, 1.54) is 12.1 Å². The van der Waals surface area contributed by atoms with Crippen LogP contribution in [0.1, 0.15) is 51.5 Å². The van der Waals surface area contributed by atoms with E-state index in [-0.39, 0.29) is 36.2 Å². The highest BCUT2D eigenvalue weighted by molar-refractivity contribution is 5.97. The van der Waals surface area contributed by atoms with Crippen LogP contribution in [0.2, 0.25) is 0 Å². The molecule has 36 heavy (non-hydrogen) atoms. The van der Waals surface area contributed by atoms with E-state index in [4.69, 9.17) is 10.5 Å². The van der Waals surface area contributed by atoms with E-state index in [1.54, 1.807) is 43.3 Å². The van der Waals surface area contributed by atoms with Crippen molar-refractivity contribution >= 4 is 17.7 Å². The third kappa shape index (κ3) is 7.08. The number of carbonyl (C=O) groups is 3. The first-order valence-corrected chi connectivity index (χ1v) is 11.3. The number of nitrogens with one attached hydrogen (secondary N) is 2. The molecule has 0 saturated carbocycles. The molecule has 0 fully saturated rings. The molecule has 1 aromatic heterocycles. The van der Waals surface area contributed by atoms with Crippen LogP contribution in [0, 0.1) is 18.7 Å². The van der Waals surface area contributed by atoms with Gasteiger partial charge in [-0.25, -0.2) is 14.4 Å². The second-order valence-electron chi connectivity index (χ2n) is 8.57. The minimum atomic E-state index is -0.737. The molecule has 0 radical (unpaired) electrons. The predicted molar refractivity (Wildman–Crippen MR) is 130 cm³/mol. The Bertz CT molecular complexity index is 1250. The molecular formula is C26H28FN5O4. The molecule has 0 spiro atoms.